The summed E-state index contributed by atoms with van der Waals surface area (Å²) in [5.41, 5.74) is 1.46. The monoisotopic (exact) mass is 243 g/mol. The Balaban J connectivity index is 2.08. The minimum atomic E-state index is -0.845. The Hall–Kier alpha value is -1.77. The number of carboxylic acids is 1. The highest BCUT2D eigenvalue weighted by atomic mass is 16.4. The predicted molar refractivity (Wildman–Crippen MR) is 71.0 cm³/mol. The number of carbonyl (C=O) groups is 1. The molecule has 1 aromatic carbocycles. The van der Waals surface area contributed by atoms with Crippen molar-refractivity contribution in [3.05, 3.63) is 36.0 Å². The van der Waals surface area contributed by atoms with Gasteiger partial charge in [0.2, 0.25) is 0 Å². The summed E-state index contributed by atoms with van der Waals surface area (Å²) in [6.07, 6.45) is 8.36. The van der Waals surface area contributed by atoms with Crippen LogP contribution in [0.1, 0.15) is 48.5 Å². The highest BCUT2D eigenvalue weighted by molar-refractivity contribution is 6.03. The van der Waals surface area contributed by atoms with Crippen LogP contribution >= 0.6 is 0 Å². The number of carboxylic acid groups (broad SMARTS) is 1. The van der Waals surface area contributed by atoms with E-state index in [1.54, 1.807) is 6.07 Å². The summed E-state index contributed by atoms with van der Waals surface area (Å²) in [5, 5.41) is 10.1. The van der Waals surface area contributed by atoms with Gasteiger partial charge in [-0.2, -0.15) is 0 Å². The molecule has 1 fully saturated rings. The summed E-state index contributed by atoms with van der Waals surface area (Å²) in [6.45, 7) is 0. The molecule has 0 radical (unpaired) electrons. The molecule has 1 N–H and O–H groups in total. The van der Waals surface area contributed by atoms with Gasteiger partial charge in [0.05, 0.1) is 5.56 Å². The van der Waals surface area contributed by atoms with Crippen molar-refractivity contribution in [1.82, 2.24) is 4.57 Å². The molecular formula is C15H17NO2. The molecular weight excluding hydrogens is 226 g/mol. The number of benzene rings is 1. The lowest BCUT2D eigenvalue weighted by atomic mass is 9.95. The molecule has 0 atom stereocenters. The van der Waals surface area contributed by atoms with E-state index in [2.05, 4.69) is 4.57 Å². The SMILES string of the molecule is O=C(O)c1cccc2c1ccn2C1CCCCC1. The second-order valence-electron chi connectivity index (χ2n) is 5.06. The van der Waals surface area contributed by atoms with Gasteiger partial charge >= 0.3 is 5.97 Å². The molecule has 0 spiro atoms. The average molecular weight is 243 g/mol. The van der Waals surface area contributed by atoms with Gasteiger partial charge in [-0.05, 0) is 31.0 Å². The number of hydrogen-bond acceptors (Lipinski definition) is 1. The minimum absolute atomic E-state index is 0.405. The Kier molecular flexibility index (Phi) is 2.82. The number of aromatic carboxylic acids is 1. The van der Waals surface area contributed by atoms with Crippen molar-refractivity contribution in [2.24, 2.45) is 0 Å². The van der Waals surface area contributed by atoms with Gasteiger partial charge in [-0.1, -0.05) is 25.3 Å². The van der Waals surface area contributed by atoms with Crippen LogP contribution in [0.2, 0.25) is 0 Å². The zero-order valence-corrected chi connectivity index (χ0v) is 10.3. The van der Waals surface area contributed by atoms with E-state index in [1.165, 1.54) is 32.1 Å². The molecule has 1 aliphatic rings. The number of hydrogen-bond donors (Lipinski definition) is 1. The lowest BCUT2D eigenvalue weighted by Gasteiger charge is -2.24. The van der Waals surface area contributed by atoms with Crippen LogP contribution in [0, 0.1) is 0 Å². The summed E-state index contributed by atoms with van der Waals surface area (Å²) >= 11 is 0. The molecule has 94 valence electrons. The van der Waals surface area contributed by atoms with E-state index in [-0.39, 0.29) is 0 Å². The van der Waals surface area contributed by atoms with E-state index in [1.807, 2.05) is 24.4 Å². The molecule has 2 aromatic rings. The molecule has 3 heteroatoms. The number of rotatable bonds is 2. The maximum atomic E-state index is 11.2. The fourth-order valence-electron chi connectivity index (χ4n) is 3.05. The fourth-order valence-corrected chi connectivity index (χ4v) is 3.05. The highest BCUT2D eigenvalue weighted by Crippen LogP contribution is 2.32. The van der Waals surface area contributed by atoms with E-state index in [0.29, 0.717) is 11.6 Å². The third kappa shape index (κ3) is 1.80. The zero-order valence-electron chi connectivity index (χ0n) is 10.3. The van der Waals surface area contributed by atoms with Crippen LogP contribution in [0.5, 0.6) is 0 Å². The van der Waals surface area contributed by atoms with Gasteiger partial charge in [0.1, 0.15) is 0 Å². The molecule has 3 nitrogen and oxygen atoms in total. The normalized spacial score (nSPS) is 17.1. The lowest BCUT2D eigenvalue weighted by molar-refractivity contribution is 0.0699. The molecule has 1 heterocycles. The number of aromatic nitrogens is 1. The summed E-state index contributed by atoms with van der Waals surface area (Å²) in [7, 11) is 0. The Bertz CT molecular complexity index is 579. The molecule has 0 amide bonds. The predicted octanol–water partition coefficient (Wildman–Crippen LogP) is 3.84. The van der Waals surface area contributed by atoms with E-state index in [4.69, 9.17) is 0 Å². The molecule has 1 aliphatic carbocycles. The Morgan fingerprint density at radius 1 is 1.17 bits per heavy atom. The Labute approximate surface area is 106 Å². The first-order chi connectivity index (χ1) is 8.77. The van der Waals surface area contributed by atoms with Crippen LogP contribution < -0.4 is 0 Å². The summed E-state index contributed by atoms with van der Waals surface area (Å²) < 4.78 is 2.26. The van der Waals surface area contributed by atoms with Crippen molar-refractivity contribution in [1.29, 1.82) is 0 Å². The Morgan fingerprint density at radius 3 is 2.67 bits per heavy atom. The lowest BCUT2D eigenvalue weighted by Crippen LogP contribution is -2.11. The Morgan fingerprint density at radius 2 is 1.94 bits per heavy atom. The number of fused-ring (bicyclic) bond motifs is 1. The van der Waals surface area contributed by atoms with E-state index < -0.39 is 5.97 Å². The average Bonchev–Trinajstić information content (AvgIpc) is 2.83. The van der Waals surface area contributed by atoms with Gasteiger partial charge in [-0.25, -0.2) is 4.79 Å². The molecule has 0 unspecified atom stereocenters. The minimum Gasteiger partial charge on any atom is -0.478 e. The largest absolute Gasteiger partial charge is 0.478 e. The third-order valence-electron chi connectivity index (χ3n) is 3.96. The van der Waals surface area contributed by atoms with E-state index >= 15 is 0 Å². The van der Waals surface area contributed by atoms with Crippen LogP contribution in [0.3, 0.4) is 0 Å². The topological polar surface area (TPSA) is 42.2 Å². The molecule has 0 saturated heterocycles. The van der Waals surface area contributed by atoms with Crippen LogP contribution in [-0.4, -0.2) is 15.6 Å². The van der Waals surface area contributed by atoms with Gasteiger partial charge in [0.25, 0.3) is 0 Å². The van der Waals surface area contributed by atoms with Gasteiger partial charge in [0, 0.05) is 23.1 Å². The van der Waals surface area contributed by atoms with Crippen molar-refractivity contribution in [2.75, 3.05) is 0 Å². The molecule has 0 bridgehead atoms. The third-order valence-corrected chi connectivity index (χ3v) is 3.96. The molecule has 0 aliphatic heterocycles. The maximum absolute atomic E-state index is 11.2. The van der Waals surface area contributed by atoms with Crippen LogP contribution in [-0.2, 0) is 0 Å². The molecule has 1 saturated carbocycles. The van der Waals surface area contributed by atoms with Crippen molar-refractivity contribution in [3.63, 3.8) is 0 Å². The zero-order chi connectivity index (χ0) is 12.5. The number of nitrogens with zero attached hydrogens (tertiary/aromatic N) is 1. The van der Waals surface area contributed by atoms with Crippen LogP contribution in [0.15, 0.2) is 30.5 Å². The second-order valence-corrected chi connectivity index (χ2v) is 5.06. The molecule has 1 aromatic heterocycles. The van der Waals surface area contributed by atoms with Crippen molar-refractivity contribution in [2.45, 2.75) is 38.1 Å². The first-order valence-electron chi connectivity index (χ1n) is 6.60. The second kappa shape index (κ2) is 4.48. The van der Waals surface area contributed by atoms with Crippen molar-refractivity contribution < 1.29 is 9.90 Å². The van der Waals surface area contributed by atoms with Gasteiger partial charge in [-0.3, -0.25) is 0 Å². The van der Waals surface area contributed by atoms with E-state index in [9.17, 15) is 9.90 Å². The smallest absolute Gasteiger partial charge is 0.336 e. The standard InChI is InChI=1S/C15H17NO2/c17-15(18)13-7-4-8-14-12(13)9-10-16(14)11-5-2-1-3-6-11/h4,7-11H,1-3,5-6H2,(H,17,18). The summed E-state index contributed by atoms with van der Waals surface area (Å²) in [5.74, 6) is -0.845. The summed E-state index contributed by atoms with van der Waals surface area (Å²) in [4.78, 5) is 11.2. The van der Waals surface area contributed by atoms with Gasteiger partial charge < -0.3 is 9.67 Å². The first-order valence-corrected chi connectivity index (χ1v) is 6.60. The molecule has 3 rings (SSSR count). The van der Waals surface area contributed by atoms with Crippen molar-refractivity contribution >= 4 is 16.9 Å². The van der Waals surface area contributed by atoms with Crippen LogP contribution in [0.25, 0.3) is 10.9 Å². The van der Waals surface area contributed by atoms with E-state index in [0.717, 1.165) is 10.9 Å². The molecule has 18 heavy (non-hydrogen) atoms. The quantitative estimate of drug-likeness (QED) is 0.870. The fraction of sp³-hybridized carbons (Fsp3) is 0.400. The van der Waals surface area contributed by atoms with Crippen LogP contribution in [0.4, 0.5) is 0 Å². The summed E-state index contributed by atoms with van der Waals surface area (Å²) in [6, 6.07) is 8.02. The van der Waals surface area contributed by atoms with Gasteiger partial charge in [-0.15, -0.1) is 0 Å². The van der Waals surface area contributed by atoms with Crippen molar-refractivity contribution in [3.8, 4) is 0 Å². The highest BCUT2D eigenvalue weighted by Gasteiger charge is 2.18. The maximum Gasteiger partial charge on any atom is 0.336 e. The first kappa shape index (κ1) is 11.3. The van der Waals surface area contributed by atoms with Gasteiger partial charge in [0.15, 0.2) is 0 Å².